The Bertz CT molecular complexity index is 1030. The average Bonchev–Trinajstić information content (AvgIpc) is 3.29. The van der Waals surface area contributed by atoms with Crippen molar-refractivity contribution in [3.63, 3.8) is 0 Å². The molecule has 0 radical (unpaired) electrons. The fourth-order valence-corrected chi connectivity index (χ4v) is 6.09. The summed E-state index contributed by atoms with van der Waals surface area (Å²) in [5.41, 5.74) is 1.28. The lowest BCUT2D eigenvalue weighted by atomic mass is 9.63. The number of benzene rings is 2. The number of hydrogen-bond donors (Lipinski definition) is 2. The number of piperidine rings is 1. The summed E-state index contributed by atoms with van der Waals surface area (Å²) < 4.78 is 0. The second-order valence-electron chi connectivity index (χ2n) is 10.2. The molecule has 0 bridgehead atoms. The van der Waals surface area contributed by atoms with Crippen LogP contribution in [0.2, 0.25) is 10.0 Å². The molecule has 2 aliphatic rings. The zero-order valence-corrected chi connectivity index (χ0v) is 21.5. The Morgan fingerprint density at radius 2 is 1.56 bits per heavy atom. The average molecular weight is 501 g/mol. The number of hydrogen-bond acceptors (Lipinski definition) is 3. The van der Waals surface area contributed by atoms with Crippen LogP contribution >= 0.6 is 23.2 Å². The predicted octanol–water partition coefficient (Wildman–Crippen LogP) is 6.42. The summed E-state index contributed by atoms with van der Waals surface area (Å²) in [5.74, 6) is 0.0297. The molecule has 1 spiro atoms. The van der Waals surface area contributed by atoms with E-state index in [9.17, 15) is 9.90 Å². The number of nitrogens with one attached hydrogen (secondary N) is 1. The maximum absolute atomic E-state index is 13.0. The molecule has 6 heteroatoms. The van der Waals surface area contributed by atoms with Gasteiger partial charge in [0.05, 0.1) is 11.6 Å². The molecule has 2 N–H and O–H groups in total. The van der Waals surface area contributed by atoms with Crippen molar-refractivity contribution in [2.45, 2.75) is 57.6 Å². The highest BCUT2D eigenvalue weighted by Gasteiger charge is 2.56. The van der Waals surface area contributed by atoms with Crippen LogP contribution in [0.5, 0.6) is 0 Å². The van der Waals surface area contributed by atoms with Crippen molar-refractivity contribution >= 4 is 29.1 Å². The first-order valence-electron chi connectivity index (χ1n) is 12.1. The maximum atomic E-state index is 13.0. The first kappa shape index (κ1) is 25.1. The summed E-state index contributed by atoms with van der Waals surface area (Å²) in [6, 6.07) is 14.4. The van der Waals surface area contributed by atoms with Gasteiger partial charge in [0, 0.05) is 39.8 Å². The third-order valence-corrected chi connectivity index (χ3v) is 8.33. The number of rotatable bonds is 6. The van der Waals surface area contributed by atoms with Gasteiger partial charge in [-0.3, -0.25) is 4.79 Å². The number of halogens is 2. The van der Waals surface area contributed by atoms with Crippen molar-refractivity contribution < 1.29 is 9.90 Å². The summed E-state index contributed by atoms with van der Waals surface area (Å²) in [6.45, 7) is 10.0. The molecule has 182 valence electrons. The van der Waals surface area contributed by atoms with Crippen molar-refractivity contribution in [1.29, 1.82) is 0 Å². The van der Waals surface area contributed by atoms with Crippen molar-refractivity contribution in [3.8, 4) is 0 Å². The molecule has 0 unspecified atom stereocenters. The van der Waals surface area contributed by atoms with Crippen LogP contribution in [0.4, 0.5) is 0 Å². The Morgan fingerprint density at radius 1 is 1.00 bits per heavy atom. The van der Waals surface area contributed by atoms with Gasteiger partial charge in [0.15, 0.2) is 0 Å². The summed E-state index contributed by atoms with van der Waals surface area (Å²) in [4.78, 5) is 15.3. The van der Waals surface area contributed by atoms with Crippen molar-refractivity contribution in [2.24, 2.45) is 11.3 Å². The van der Waals surface area contributed by atoms with E-state index in [-0.39, 0.29) is 23.3 Å². The van der Waals surface area contributed by atoms with E-state index in [1.165, 1.54) is 0 Å². The zero-order valence-electron chi connectivity index (χ0n) is 20.0. The lowest BCUT2D eigenvalue weighted by Gasteiger charge is -2.54. The van der Waals surface area contributed by atoms with Gasteiger partial charge >= 0.3 is 0 Å². The molecule has 2 aromatic carbocycles. The number of aliphatic hydroxyl groups is 1. The SMILES string of the molecule is C=C([C@H](NC(=O)c1ccc(Cl)cc1)C(C)C)N1CC[C@](O)(c2ccc(Cl)cc2)C2(CCCC2)C1. The summed E-state index contributed by atoms with van der Waals surface area (Å²) >= 11 is 12.1. The largest absolute Gasteiger partial charge is 0.384 e. The van der Waals surface area contributed by atoms with E-state index in [1.807, 2.05) is 24.3 Å². The van der Waals surface area contributed by atoms with Crippen LogP contribution in [0.1, 0.15) is 61.9 Å². The Balaban J connectivity index is 1.55. The van der Waals surface area contributed by atoms with E-state index in [1.54, 1.807) is 24.3 Å². The molecule has 1 heterocycles. The van der Waals surface area contributed by atoms with Crippen molar-refractivity contribution in [1.82, 2.24) is 10.2 Å². The van der Waals surface area contributed by atoms with Crippen LogP contribution in [0, 0.1) is 11.3 Å². The zero-order chi connectivity index (χ0) is 24.5. The highest BCUT2D eigenvalue weighted by molar-refractivity contribution is 6.30. The Labute approximate surface area is 212 Å². The van der Waals surface area contributed by atoms with Gasteiger partial charge in [0.25, 0.3) is 5.91 Å². The number of carbonyl (C=O) groups is 1. The molecule has 34 heavy (non-hydrogen) atoms. The van der Waals surface area contributed by atoms with E-state index >= 15 is 0 Å². The lowest BCUT2D eigenvalue weighted by Crippen LogP contribution is -2.58. The van der Waals surface area contributed by atoms with E-state index in [0.717, 1.165) is 43.5 Å². The molecule has 2 aromatic rings. The first-order chi connectivity index (χ1) is 16.1. The summed E-state index contributed by atoms with van der Waals surface area (Å²) in [7, 11) is 0. The van der Waals surface area contributed by atoms with Crippen LogP contribution in [-0.4, -0.2) is 35.0 Å². The van der Waals surface area contributed by atoms with Crippen molar-refractivity contribution in [3.05, 3.63) is 82.0 Å². The number of nitrogens with zero attached hydrogens (tertiary/aromatic N) is 1. The van der Waals surface area contributed by atoms with Crippen LogP contribution < -0.4 is 5.32 Å². The van der Waals surface area contributed by atoms with Gasteiger partial charge in [-0.25, -0.2) is 0 Å². The molecule has 2 fully saturated rings. The lowest BCUT2D eigenvalue weighted by molar-refractivity contribution is -0.135. The minimum absolute atomic E-state index is 0.137. The number of amides is 1. The van der Waals surface area contributed by atoms with Gasteiger partial charge in [-0.05, 0) is 67.1 Å². The van der Waals surface area contributed by atoms with E-state index in [2.05, 4.69) is 30.6 Å². The maximum Gasteiger partial charge on any atom is 0.251 e. The Hall–Kier alpha value is -2.01. The highest BCUT2D eigenvalue weighted by Crippen LogP contribution is 2.56. The van der Waals surface area contributed by atoms with Gasteiger partial charge in [0.1, 0.15) is 0 Å². The molecule has 1 saturated heterocycles. The molecule has 1 amide bonds. The van der Waals surface area contributed by atoms with Gasteiger partial charge in [-0.2, -0.15) is 0 Å². The quantitative estimate of drug-likeness (QED) is 0.481. The molecule has 1 saturated carbocycles. The first-order valence-corrected chi connectivity index (χ1v) is 12.9. The minimum Gasteiger partial charge on any atom is -0.384 e. The molecule has 0 aromatic heterocycles. The second-order valence-corrected chi connectivity index (χ2v) is 11.1. The van der Waals surface area contributed by atoms with Crippen molar-refractivity contribution in [2.75, 3.05) is 13.1 Å². The van der Waals surface area contributed by atoms with Gasteiger partial charge in [-0.1, -0.05) is 68.6 Å². The van der Waals surface area contributed by atoms with E-state index < -0.39 is 5.60 Å². The molecule has 2 atom stereocenters. The van der Waals surface area contributed by atoms with Gasteiger partial charge in [0.2, 0.25) is 0 Å². The normalized spacial score (nSPS) is 22.7. The number of likely N-dealkylation sites (tertiary alicyclic amines) is 1. The topological polar surface area (TPSA) is 52.6 Å². The molecule has 4 nitrogen and oxygen atoms in total. The molecule has 1 aliphatic carbocycles. The van der Waals surface area contributed by atoms with E-state index in [4.69, 9.17) is 23.2 Å². The predicted molar refractivity (Wildman–Crippen MR) is 139 cm³/mol. The fraction of sp³-hybridized carbons (Fsp3) is 0.464. The van der Waals surface area contributed by atoms with Gasteiger partial charge in [-0.15, -0.1) is 0 Å². The third-order valence-electron chi connectivity index (χ3n) is 7.82. The van der Waals surface area contributed by atoms with E-state index in [0.29, 0.717) is 28.6 Å². The highest BCUT2D eigenvalue weighted by atomic mass is 35.5. The monoisotopic (exact) mass is 500 g/mol. The molecular weight excluding hydrogens is 467 g/mol. The Kier molecular flexibility index (Phi) is 7.33. The Morgan fingerprint density at radius 3 is 2.12 bits per heavy atom. The van der Waals surface area contributed by atoms with Gasteiger partial charge < -0.3 is 15.3 Å². The number of carbonyl (C=O) groups excluding carboxylic acids is 1. The molecular formula is C28H34Cl2N2O2. The van der Waals surface area contributed by atoms with Crippen LogP contribution in [-0.2, 0) is 5.60 Å². The fourth-order valence-electron chi connectivity index (χ4n) is 5.84. The minimum atomic E-state index is -0.898. The summed E-state index contributed by atoms with van der Waals surface area (Å²) in [5, 5.41) is 16.5. The third kappa shape index (κ3) is 4.73. The van der Waals surface area contributed by atoms with Crippen LogP contribution in [0.25, 0.3) is 0 Å². The smallest absolute Gasteiger partial charge is 0.251 e. The van der Waals surface area contributed by atoms with Crippen LogP contribution in [0.3, 0.4) is 0 Å². The summed E-state index contributed by atoms with van der Waals surface area (Å²) in [6.07, 6.45) is 4.77. The van der Waals surface area contributed by atoms with Crippen LogP contribution in [0.15, 0.2) is 60.8 Å². The second kappa shape index (κ2) is 9.93. The molecule has 4 rings (SSSR count). The molecule has 1 aliphatic heterocycles. The standard InChI is InChI=1S/C28H34Cl2N2O2/c1-19(2)25(31-26(33)21-6-10-23(29)11-7-21)20(3)32-17-16-28(34,22-8-12-24(30)13-9-22)27(18-32)14-4-5-15-27/h6-13,19,25,34H,3-5,14-18H2,1-2H3,(H,31,33)/t25-,28+/m1/s1.